The summed E-state index contributed by atoms with van der Waals surface area (Å²) in [5.74, 6) is 0. The standard InChI is InChI=1S/C20H32N4O2/c1-17(2)23-14-12-22(13-15-23)11-9-21-19(25)24-10-8-20(26,16-24)18-6-4-3-5-7-18/h3-7,17,26H,8-16H2,1-2H3,(H,21,25)/t20-/m1/s1. The summed E-state index contributed by atoms with van der Waals surface area (Å²) in [7, 11) is 0. The highest BCUT2D eigenvalue weighted by molar-refractivity contribution is 5.74. The number of rotatable bonds is 5. The van der Waals surface area contributed by atoms with Gasteiger partial charge < -0.3 is 15.3 Å². The zero-order valence-corrected chi connectivity index (χ0v) is 16.0. The summed E-state index contributed by atoms with van der Waals surface area (Å²) in [6.45, 7) is 11.3. The Hall–Kier alpha value is -1.63. The highest BCUT2D eigenvalue weighted by Gasteiger charge is 2.39. The second-order valence-corrected chi connectivity index (χ2v) is 7.77. The molecule has 6 heteroatoms. The second-order valence-electron chi connectivity index (χ2n) is 7.77. The summed E-state index contributed by atoms with van der Waals surface area (Å²) in [6.07, 6.45) is 0.585. The first-order valence-electron chi connectivity index (χ1n) is 9.75. The number of carbonyl (C=O) groups excluding carboxylic acids is 1. The highest BCUT2D eigenvalue weighted by Crippen LogP contribution is 2.31. The molecule has 1 aromatic rings. The molecule has 2 aliphatic heterocycles. The maximum atomic E-state index is 12.4. The largest absolute Gasteiger partial charge is 0.383 e. The predicted octanol–water partition coefficient (Wildman–Crippen LogP) is 1.32. The average molecular weight is 361 g/mol. The Morgan fingerprint density at radius 3 is 2.50 bits per heavy atom. The molecule has 6 nitrogen and oxygen atoms in total. The summed E-state index contributed by atoms with van der Waals surface area (Å²) in [4.78, 5) is 19.0. The van der Waals surface area contributed by atoms with Gasteiger partial charge in [-0.25, -0.2) is 4.79 Å². The number of aliphatic hydroxyl groups is 1. The molecule has 0 saturated carbocycles. The van der Waals surface area contributed by atoms with E-state index in [-0.39, 0.29) is 6.03 Å². The molecule has 0 bridgehead atoms. The number of likely N-dealkylation sites (tertiary alicyclic amines) is 1. The lowest BCUT2D eigenvalue weighted by molar-refractivity contribution is 0.0493. The molecule has 2 heterocycles. The molecule has 26 heavy (non-hydrogen) atoms. The third-order valence-corrected chi connectivity index (χ3v) is 5.69. The van der Waals surface area contributed by atoms with E-state index in [1.54, 1.807) is 4.90 Å². The molecule has 0 unspecified atom stereocenters. The lowest BCUT2D eigenvalue weighted by Crippen LogP contribution is -2.51. The molecular formula is C20H32N4O2. The number of benzene rings is 1. The van der Waals surface area contributed by atoms with Crippen LogP contribution in [-0.2, 0) is 5.60 Å². The Labute approximate surface area is 156 Å². The molecule has 0 spiro atoms. The molecule has 3 rings (SSSR count). The van der Waals surface area contributed by atoms with Crippen LogP contribution in [0.2, 0.25) is 0 Å². The number of carbonyl (C=O) groups is 1. The Morgan fingerprint density at radius 1 is 1.15 bits per heavy atom. The molecule has 0 aliphatic carbocycles. The molecule has 2 amide bonds. The van der Waals surface area contributed by atoms with Crippen LogP contribution in [0.15, 0.2) is 30.3 Å². The van der Waals surface area contributed by atoms with Crippen molar-refractivity contribution in [3.8, 4) is 0 Å². The molecule has 1 atom stereocenters. The van der Waals surface area contributed by atoms with Crippen molar-refractivity contribution in [2.75, 3.05) is 52.4 Å². The van der Waals surface area contributed by atoms with Gasteiger partial charge >= 0.3 is 6.03 Å². The van der Waals surface area contributed by atoms with E-state index in [0.717, 1.165) is 38.3 Å². The number of nitrogens with zero attached hydrogens (tertiary/aromatic N) is 3. The summed E-state index contributed by atoms with van der Waals surface area (Å²) in [6, 6.07) is 10.2. The zero-order chi connectivity index (χ0) is 18.6. The van der Waals surface area contributed by atoms with Gasteiger partial charge in [-0.1, -0.05) is 30.3 Å². The second kappa shape index (κ2) is 8.37. The third kappa shape index (κ3) is 4.55. The highest BCUT2D eigenvalue weighted by atomic mass is 16.3. The monoisotopic (exact) mass is 360 g/mol. The van der Waals surface area contributed by atoms with Crippen molar-refractivity contribution in [3.63, 3.8) is 0 Å². The van der Waals surface area contributed by atoms with E-state index in [2.05, 4.69) is 29.0 Å². The van der Waals surface area contributed by atoms with Crippen molar-refractivity contribution in [2.45, 2.75) is 31.9 Å². The number of hydrogen-bond donors (Lipinski definition) is 2. The maximum Gasteiger partial charge on any atom is 0.317 e. The molecule has 2 fully saturated rings. The fourth-order valence-electron chi connectivity index (χ4n) is 3.89. The van der Waals surface area contributed by atoms with Gasteiger partial charge in [0.25, 0.3) is 0 Å². The number of β-amino-alcohol motifs (C(OH)–C–C–N with tert-alkyl or cyclic N) is 1. The molecule has 0 aromatic heterocycles. The fourth-order valence-corrected chi connectivity index (χ4v) is 3.89. The van der Waals surface area contributed by atoms with Gasteiger partial charge in [0, 0.05) is 51.9 Å². The van der Waals surface area contributed by atoms with Crippen LogP contribution in [0.5, 0.6) is 0 Å². The molecule has 2 saturated heterocycles. The number of urea groups is 1. The summed E-state index contributed by atoms with van der Waals surface area (Å²) in [5, 5.41) is 13.9. The number of hydrogen-bond acceptors (Lipinski definition) is 4. The maximum absolute atomic E-state index is 12.4. The van der Waals surface area contributed by atoms with Crippen molar-refractivity contribution in [3.05, 3.63) is 35.9 Å². The van der Waals surface area contributed by atoms with Crippen LogP contribution < -0.4 is 5.32 Å². The minimum atomic E-state index is -0.925. The van der Waals surface area contributed by atoms with Crippen molar-refractivity contribution in [2.24, 2.45) is 0 Å². The van der Waals surface area contributed by atoms with E-state index in [1.165, 1.54) is 0 Å². The van der Waals surface area contributed by atoms with Crippen LogP contribution in [0.1, 0.15) is 25.8 Å². The Morgan fingerprint density at radius 2 is 1.85 bits per heavy atom. The van der Waals surface area contributed by atoms with E-state index < -0.39 is 5.60 Å². The summed E-state index contributed by atoms with van der Waals surface area (Å²) >= 11 is 0. The Bertz CT molecular complexity index is 587. The summed E-state index contributed by atoms with van der Waals surface area (Å²) < 4.78 is 0. The van der Waals surface area contributed by atoms with E-state index in [1.807, 2.05) is 30.3 Å². The van der Waals surface area contributed by atoms with Gasteiger partial charge in [-0.2, -0.15) is 0 Å². The van der Waals surface area contributed by atoms with Gasteiger partial charge in [-0.15, -0.1) is 0 Å². The van der Waals surface area contributed by atoms with Crippen molar-refractivity contribution in [1.82, 2.24) is 20.0 Å². The lowest BCUT2D eigenvalue weighted by Gasteiger charge is -2.37. The molecule has 2 N–H and O–H groups in total. The molecule has 0 radical (unpaired) electrons. The van der Waals surface area contributed by atoms with Crippen LogP contribution in [-0.4, -0.2) is 84.2 Å². The van der Waals surface area contributed by atoms with E-state index >= 15 is 0 Å². The minimum Gasteiger partial charge on any atom is -0.383 e. The molecule has 144 valence electrons. The van der Waals surface area contributed by atoms with Gasteiger partial charge in [0.2, 0.25) is 0 Å². The van der Waals surface area contributed by atoms with Crippen molar-refractivity contribution < 1.29 is 9.90 Å². The molecular weight excluding hydrogens is 328 g/mol. The van der Waals surface area contributed by atoms with Gasteiger partial charge in [0.05, 0.1) is 6.54 Å². The summed E-state index contributed by atoms with van der Waals surface area (Å²) in [5.41, 5.74) is -0.0375. The van der Waals surface area contributed by atoms with Gasteiger partial charge in [0.1, 0.15) is 5.60 Å². The first-order chi connectivity index (χ1) is 12.5. The smallest absolute Gasteiger partial charge is 0.317 e. The predicted molar refractivity (Wildman–Crippen MR) is 103 cm³/mol. The SMILES string of the molecule is CC(C)N1CCN(CCNC(=O)N2CC[C@](O)(c3ccccc3)C2)CC1. The van der Waals surface area contributed by atoms with E-state index in [9.17, 15) is 9.90 Å². The van der Waals surface area contributed by atoms with Crippen LogP contribution in [0.25, 0.3) is 0 Å². The average Bonchev–Trinajstić information content (AvgIpc) is 3.06. The van der Waals surface area contributed by atoms with E-state index in [0.29, 0.717) is 32.1 Å². The lowest BCUT2D eigenvalue weighted by atomic mass is 9.93. The van der Waals surface area contributed by atoms with Crippen LogP contribution in [0.3, 0.4) is 0 Å². The zero-order valence-electron chi connectivity index (χ0n) is 16.0. The van der Waals surface area contributed by atoms with Gasteiger partial charge in [-0.3, -0.25) is 9.80 Å². The minimum absolute atomic E-state index is 0.0716. The van der Waals surface area contributed by atoms with Crippen LogP contribution in [0.4, 0.5) is 4.79 Å². The number of amides is 2. The topological polar surface area (TPSA) is 59.0 Å². The van der Waals surface area contributed by atoms with E-state index in [4.69, 9.17) is 0 Å². The van der Waals surface area contributed by atoms with Crippen molar-refractivity contribution >= 4 is 6.03 Å². The number of piperazine rings is 1. The van der Waals surface area contributed by atoms with Crippen molar-refractivity contribution in [1.29, 1.82) is 0 Å². The first-order valence-corrected chi connectivity index (χ1v) is 9.75. The third-order valence-electron chi connectivity index (χ3n) is 5.69. The van der Waals surface area contributed by atoms with Crippen LogP contribution in [0, 0.1) is 0 Å². The van der Waals surface area contributed by atoms with Crippen LogP contribution >= 0.6 is 0 Å². The molecule has 1 aromatic carbocycles. The Kier molecular flexibility index (Phi) is 6.16. The van der Waals surface area contributed by atoms with Gasteiger partial charge in [0.15, 0.2) is 0 Å². The van der Waals surface area contributed by atoms with Gasteiger partial charge in [-0.05, 0) is 25.8 Å². The normalized spacial score (nSPS) is 25.0. The Balaban J connectivity index is 1.40. The number of nitrogens with one attached hydrogen (secondary N) is 1. The molecule has 2 aliphatic rings. The first kappa shape index (κ1) is 19.1. The quantitative estimate of drug-likeness (QED) is 0.831. The fraction of sp³-hybridized carbons (Fsp3) is 0.650.